The first kappa shape index (κ1) is 19.7. The van der Waals surface area contributed by atoms with E-state index in [-0.39, 0.29) is 0 Å². The van der Waals surface area contributed by atoms with Gasteiger partial charge in [-0.25, -0.2) is 4.79 Å². The Labute approximate surface area is 164 Å². The molecule has 1 aromatic heterocycles. The normalized spacial score (nSPS) is 10.5. The number of nitrogens with zero attached hydrogens (tertiary/aromatic N) is 2. The monoisotopic (exact) mass is 474 g/mol. The van der Waals surface area contributed by atoms with Gasteiger partial charge < -0.3 is 4.74 Å². The van der Waals surface area contributed by atoms with E-state index in [4.69, 9.17) is 4.74 Å². The second-order valence-electron chi connectivity index (χ2n) is 5.18. The van der Waals surface area contributed by atoms with Crippen LogP contribution >= 0.6 is 34.5 Å². The first-order valence-corrected chi connectivity index (χ1v) is 9.46. The van der Waals surface area contributed by atoms with Crippen LogP contribution < -0.4 is 10.0 Å². The highest BCUT2D eigenvalue weighted by atomic mass is 127. The number of urea groups is 1. The molecule has 2 N–H and O–H groups in total. The van der Waals surface area contributed by atoms with Gasteiger partial charge in [-0.1, -0.05) is 0 Å². The fourth-order valence-corrected chi connectivity index (χ4v) is 2.96. The van der Waals surface area contributed by atoms with Gasteiger partial charge in [0.05, 0.1) is 10.6 Å². The van der Waals surface area contributed by atoms with E-state index >= 15 is 0 Å². The van der Waals surface area contributed by atoms with Gasteiger partial charge in [-0.2, -0.15) is 5.10 Å². The Morgan fingerprint density at radius 3 is 2.72 bits per heavy atom. The molecule has 0 fully saturated rings. The predicted octanol–water partition coefficient (Wildman–Crippen LogP) is 2.98. The molecule has 0 spiro atoms. The van der Waals surface area contributed by atoms with E-state index in [0.717, 1.165) is 39.1 Å². The number of carbonyl (C=O) groups excluding carboxylic acids is 2. The van der Waals surface area contributed by atoms with Crippen LogP contribution in [0.25, 0.3) is 0 Å². The van der Waals surface area contributed by atoms with Crippen molar-refractivity contribution >= 4 is 46.5 Å². The summed E-state index contributed by atoms with van der Waals surface area (Å²) < 4.78 is 10.4. The topological polar surface area (TPSA) is 85.2 Å². The lowest BCUT2D eigenvalue weighted by molar-refractivity contribution is 0.0965. The van der Waals surface area contributed by atoms with E-state index in [9.17, 15) is 9.59 Å². The molecule has 9 heteroatoms. The predicted molar refractivity (Wildman–Crippen MR) is 104 cm³/mol. The molecule has 0 atom stereocenters. The van der Waals surface area contributed by atoms with Crippen LogP contribution in [0.2, 0.25) is 0 Å². The molecule has 2 aromatic rings. The molecule has 0 saturated heterocycles. The second-order valence-corrected chi connectivity index (χ2v) is 7.28. The maximum Gasteiger partial charge on any atom is 0.331 e. The SMILES string of the molecule is COCCCn1cc(SNC(=O)NC(=O)c2ccc(I)cc2)c(C)n1. The van der Waals surface area contributed by atoms with Crippen LogP contribution in [0.3, 0.4) is 0 Å². The quantitative estimate of drug-likeness (QED) is 0.366. The van der Waals surface area contributed by atoms with Crippen molar-refractivity contribution in [2.45, 2.75) is 24.8 Å². The zero-order valence-electron chi connectivity index (χ0n) is 13.9. The zero-order chi connectivity index (χ0) is 18.2. The number of halogens is 1. The molecular formula is C16H19IN4O3S. The standard InChI is InChI=1S/C16H19IN4O3S/c1-11-14(10-21(19-11)8-3-9-24-2)25-20-16(23)18-15(22)12-4-6-13(17)7-5-12/h4-7,10H,3,8-9H2,1-2H3,(H2,18,20,22,23). The van der Waals surface area contributed by atoms with Gasteiger partial charge in [-0.3, -0.25) is 19.5 Å². The molecule has 0 aliphatic heterocycles. The van der Waals surface area contributed by atoms with E-state index in [1.54, 1.807) is 19.2 Å². The smallest absolute Gasteiger partial charge is 0.331 e. The van der Waals surface area contributed by atoms with Gasteiger partial charge in [0.1, 0.15) is 0 Å². The van der Waals surface area contributed by atoms with Gasteiger partial charge >= 0.3 is 6.03 Å². The van der Waals surface area contributed by atoms with Gasteiger partial charge in [0, 0.05) is 35.6 Å². The lowest BCUT2D eigenvalue weighted by Crippen LogP contribution is -2.36. The summed E-state index contributed by atoms with van der Waals surface area (Å²) in [7, 11) is 1.66. The molecule has 0 unspecified atom stereocenters. The van der Waals surface area contributed by atoms with Gasteiger partial charge in [-0.05, 0) is 72.1 Å². The van der Waals surface area contributed by atoms with Gasteiger partial charge in [0.2, 0.25) is 0 Å². The van der Waals surface area contributed by atoms with E-state index in [2.05, 4.69) is 37.7 Å². The average molecular weight is 474 g/mol. The molecule has 25 heavy (non-hydrogen) atoms. The number of aromatic nitrogens is 2. The number of hydrogen-bond acceptors (Lipinski definition) is 5. The van der Waals surface area contributed by atoms with Crippen LogP contribution in [0, 0.1) is 10.5 Å². The number of aryl methyl sites for hydroxylation is 2. The Morgan fingerprint density at radius 1 is 1.32 bits per heavy atom. The van der Waals surface area contributed by atoms with Crippen LogP contribution in [-0.4, -0.2) is 35.4 Å². The van der Waals surface area contributed by atoms with Crippen LogP contribution in [0.15, 0.2) is 35.4 Å². The number of amides is 3. The average Bonchev–Trinajstić information content (AvgIpc) is 2.93. The molecule has 0 radical (unpaired) electrons. The second kappa shape index (κ2) is 9.78. The minimum absolute atomic E-state index is 0.433. The fourth-order valence-electron chi connectivity index (χ4n) is 1.99. The van der Waals surface area contributed by atoms with E-state index in [0.29, 0.717) is 12.2 Å². The number of carbonyl (C=O) groups is 2. The Morgan fingerprint density at radius 2 is 2.04 bits per heavy atom. The van der Waals surface area contributed by atoms with Crippen molar-refractivity contribution in [3.8, 4) is 0 Å². The number of ether oxygens (including phenoxy) is 1. The Bertz CT molecular complexity index is 733. The van der Waals surface area contributed by atoms with Crippen molar-refractivity contribution in [2.24, 2.45) is 0 Å². The summed E-state index contributed by atoms with van der Waals surface area (Å²) in [6, 6.07) is 6.39. The van der Waals surface area contributed by atoms with Crippen LogP contribution in [0.4, 0.5) is 4.79 Å². The first-order chi connectivity index (χ1) is 12.0. The molecule has 7 nitrogen and oxygen atoms in total. The van der Waals surface area contributed by atoms with E-state index in [1.807, 2.05) is 29.9 Å². The highest BCUT2D eigenvalue weighted by Crippen LogP contribution is 2.18. The third-order valence-electron chi connectivity index (χ3n) is 3.22. The zero-order valence-corrected chi connectivity index (χ0v) is 16.9. The third kappa shape index (κ3) is 6.33. The summed E-state index contributed by atoms with van der Waals surface area (Å²) in [6.07, 6.45) is 2.72. The summed E-state index contributed by atoms with van der Waals surface area (Å²) >= 11 is 3.28. The first-order valence-electron chi connectivity index (χ1n) is 7.56. The summed E-state index contributed by atoms with van der Waals surface area (Å²) in [5.41, 5.74) is 1.24. The minimum Gasteiger partial charge on any atom is -0.385 e. The van der Waals surface area contributed by atoms with Crippen molar-refractivity contribution in [3.05, 3.63) is 45.3 Å². The van der Waals surface area contributed by atoms with Crippen molar-refractivity contribution in [1.29, 1.82) is 0 Å². The van der Waals surface area contributed by atoms with Crippen molar-refractivity contribution in [3.63, 3.8) is 0 Å². The molecule has 0 saturated carbocycles. The number of hydrogen-bond donors (Lipinski definition) is 2. The minimum atomic E-state index is -0.569. The van der Waals surface area contributed by atoms with Gasteiger partial charge in [-0.15, -0.1) is 0 Å². The molecule has 1 aromatic carbocycles. The summed E-state index contributed by atoms with van der Waals surface area (Å²) in [5, 5.41) is 6.68. The van der Waals surface area contributed by atoms with E-state index < -0.39 is 11.9 Å². The molecule has 3 amide bonds. The Kier molecular flexibility index (Phi) is 7.72. The van der Waals surface area contributed by atoms with Crippen molar-refractivity contribution in [2.75, 3.05) is 13.7 Å². The maximum atomic E-state index is 12.0. The molecule has 0 aliphatic carbocycles. The largest absolute Gasteiger partial charge is 0.385 e. The van der Waals surface area contributed by atoms with Crippen molar-refractivity contribution < 1.29 is 14.3 Å². The summed E-state index contributed by atoms with van der Waals surface area (Å²) in [4.78, 5) is 24.7. The number of rotatable bonds is 7. The Balaban J connectivity index is 1.83. The highest BCUT2D eigenvalue weighted by molar-refractivity contribution is 14.1. The molecular weight excluding hydrogens is 455 g/mol. The highest BCUT2D eigenvalue weighted by Gasteiger charge is 2.12. The van der Waals surface area contributed by atoms with Crippen LogP contribution in [0.1, 0.15) is 22.5 Å². The maximum absolute atomic E-state index is 12.0. The lowest BCUT2D eigenvalue weighted by Gasteiger charge is -2.05. The summed E-state index contributed by atoms with van der Waals surface area (Å²) in [5.74, 6) is -0.443. The third-order valence-corrected chi connectivity index (χ3v) is 4.85. The van der Waals surface area contributed by atoms with E-state index in [1.165, 1.54) is 0 Å². The molecule has 1 heterocycles. The van der Waals surface area contributed by atoms with Crippen molar-refractivity contribution in [1.82, 2.24) is 19.8 Å². The fraction of sp³-hybridized carbons (Fsp3) is 0.312. The number of imide groups is 1. The number of benzene rings is 1. The van der Waals surface area contributed by atoms with Crippen LogP contribution in [-0.2, 0) is 11.3 Å². The molecule has 134 valence electrons. The number of methoxy groups -OCH3 is 1. The molecule has 0 aliphatic rings. The molecule has 0 bridgehead atoms. The molecule has 2 rings (SSSR count). The van der Waals surface area contributed by atoms with Crippen LogP contribution in [0.5, 0.6) is 0 Å². The lowest BCUT2D eigenvalue weighted by atomic mass is 10.2. The van der Waals surface area contributed by atoms with Gasteiger partial charge in [0.25, 0.3) is 5.91 Å². The van der Waals surface area contributed by atoms with Gasteiger partial charge in [0.15, 0.2) is 0 Å². The number of nitrogens with one attached hydrogen (secondary N) is 2. The summed E-state index contributed by atoms with van der Waals surface area (Å²) in [6.45, 7) is 3.28. The Hall–Kier alpha value is -1.59.